The molecule has 4 heterocycles. The van der Waals surface area contributed by atoms with Gasteiger partial charge in [-0.15, -0.1) is 0 Å². The van der Waals surface area contributed by atoms with Gasteiger partial charge in [-0.25, -0.2) is 4.99 Å². The number of hydrogen-bond acceptors (Lipinski definition) is 5. The molecule has 0 saturated carbocycles. The lowest BCUT2D eigenvalue weighted by molar-refractivity contribution is 0.408. The zero-order valence-corrected chi connectivity index (χ0v) is 30.7. The topological polar surface area (TPSA) is 67.6 Å². The Morgan fingerprint density at radius 3 is 1.95 bits per heavy atom. The number of nitrogens with one attached hydrogen (secondary N) is 2. The van der Waals surface area contributed by atoms with Crippen molar-refractivity contribution in [1.29, 1.82) is 0 Å². The molecule has 0 amide bonds. The van der Waals surface area contributed by atoms with Gasteiger partial charge < -0.3 is 18.7 Å². The van der Waals surface area contributed by atoms with E-state index in [0.717, 1.165) is 83.2 Å². The molecule has 8 aromatic carbocycles. The average molecular weight is 735 g/mol. The molecule has 0 radical (unpaired) electrons. The minimum atomic E-state index is -0.347. The van der Waals surface area contributed by atoms with Crippen LogP contribution in [0.4, 0.5) is 0 Å². The normalized spacial score (nSPS) is 15.9. The first kappa shape index (κ1) is 31.9. The highest BCUT2D eigenvalue weighted by Crippen LogP contribution is 2.44. The largest absolute Gasteiger partial charge is 0.456 e. The number of aromatic nitrogens is 1. The molecule has 2 unspecified atom stereocenters. The highest BCUT2D eigenvalue weighted by molar-refractivity contribution is 6.19. The first-order valence-electron chi connectivity index (χ1n) is 19.4. The molecule has 0 spiro atoms. The van der Waals surface area contributed by atoms with E-state index in [2.05, 4.69) is 173 Å². The van der Waals surface area contributed by atoms with Gasteiger partial charge in [-0.05, 0) is 59.2 Å². The van der Waals surface area contributed by atoms with Gasteiger partial charge in [0.25, 0.3) is 0 Å². The van der Waals surface area contributed by atoms with Crippen LogP contribution in [0.15, 0.2) is 196 Å². The molecule has 2 atom stereocenters. The SMILES string of the molecule is c1ccc(C2=NC(c3cccc4c3oc3ccc(-c5cccc6oc7cccc(-n8c9ccccc9c9ccccc98)c7c56)cc34)NC(c3ccccc3)N2)cc1. The molecule has 6 heteroatoms. The van der Waals surface area contributed by atoms with Crippen molar-refractivity contribution in [2.45, 2.75) is 12.3 Å². The lowest BCUT2D eigenvalue weighted by Crippen LogP contribution is -2.44. The van der Waals surface area contributed by atoms with Crippen LogP contribution in [0.2, 0.25) is 0 Å². The van der Waals surface area contributed by atoms with Crippen molar-refractivity contribution in [3.05, 3.63) is 199 Å². The van der Waals surface area contributed by atoms with Crippen LogP contribution in [0.1, 0.15) is 29.0 Å². The molecule has 3 aromatic heterocycles. The van der Waals surface area contributed by atoms with E-state index in [9.17, 15) is 0 Å². The fourth-order valence-corrected chi connectivity index (χ4v) is 8.94. The summed E-state index contributed by atoms with van der Waals surface area (Å²) < 4.78 is 15.8. The van der Waals surface area contributed by atoms with Gasteiger partial charge in [0.15, 0.2) is 0 Å². The van der Waals surface area contributed by atoms with Crippen molar-refractivity contribution < 1.29 is 8.83 Å². The van der Waals surface area contributed by atoms with Crippen LogP contribution in [-0.4, -0.2) is 10.4 Å². The predicted octanol–water partition coefficient (Wildman–Crippen LogP) is 12.6. The maximum absolute atomic E-state index is 6.75. The Balaban J connectivity index is 1.03. The van der Waals surface area contributed by atoms with Gasteiger partial charge >= 0.3 is 0 Å². The van der Waals surface area contributed by atoms with E-state index in [0.29, 0.717) is 0 Å². The van der Waals surface area contributed by atoms with Crippen LogP contribution in [0.3, 0.4) is 0 Å². The Labute approximate surface area is 327 Å². The van der Waals surface area contributed by atoms with Crippen molar-refractivity contribution in [1.82, 2.24) is 15.2 Å². The summed E-state index contributed by atoms with van der Waals surface area (Å²) in [6.07, 6.45) is -0.492. The monoisotopic (exact) mass is 734 g/mol. The van der Waals surface area contributed by atoms with Crippen LogP contribution < -0.4 is 10.6 Å². The highest BCUT2D eigenvalue weighted by Gasteiger charge is 2.28. The summed E-state index contributed by atoms with van der Waals surface area (Å²) in [6, 6.07) is 63.7. The molecule has 0 bridgehead atoms. The molecule has 1 aliphatic rings. The molecular formula is C51H34N4O2. The van der Waals surface area contributed by atoms with Gasteiger partial charge in [0.2, 0.25) is 0 Å². The summed E-state index contributed by atoms with van der Waals surface area (Å²) in [5.74, 6) is 0.837. The Bertz CT molecular complexity index is 3320. The van der Waals surface area contributed by atoms with Crippen LogP contribution in [-0.2, 0) is 0 Å². The number of benzene rings is 8. The second-order valence-corrected chi connectivity index (χ2v) is 14.7. The Morgan fingerprint density at radius 2 is 1.16 bits per heavy atom. The fourth-order valence-electron chi connectivity index (χ4n) is 8.94. The first-order valence-corrected chi connectivity index (χ1v) is 19.4. The third-order valence-electron chi connectivity index (χ3n) is 11.5. The summed E-state index contributed by atoms with van der Waals surface area (Å²) in [5, 5.41) is 14.1. The summed E-state index contributed by atoms with van der Waals surface area (Å²) >= 11 is 0. The smallest absolute Gasteiger partial charge is 0.142 e. The zero-order chi connectivity index (χ0) is 37.5. The maximum atomic E-state index is 6.75. The van der Waals surface area contributed by atoms with Crippen molar-refractivity contribution in [2.75, 3.05) is 0 Å². The molecule has 57 heavy (non-hydrogen) atoms. The van der Waals surface area contributed by atoms with Crippen molar-refractivity contribution in [3.63, 3.8) is 0 Å². The summed E-state index contributed by atoms with van der Waals surface area (Å²) in [4.78, 5) is 5.23. The molecule has 0 fully saturated rings. The minimum absolute atomic E-state index is 0.146. The Hall–Kier alpha value is -7.41. The fraction of sp³-hybridized carbons (Fsp3) is 0.0392. The Morgan fingerprint density at radius 1 is 0.491 bits per heavy atom. The molecular weight excluding hydrogens is 701 g/mol. The summed E-state index contributed by atoms with van der Waals surface area (Å²) in [5.41, 5.74) is 12.1. The molecule has 0 saturated heterocycles. The number of para-hydroxylation sites is 3. The molecule has 270 valence electrons. The van der Waals surface area contributed by atoms with Gasteiger partial charge in [0.1, 0.15) is 40.5 Å². The number of hydrogen-bond donors (Lipinski definition) is 2. The number of amidine groups is 1. The molecule has 2 N–H and O–H groups in total. The van der Waals surface area contributed by atoms with Gasteiger partial charge in [-0.3, -0.25) is 5.32 Å². The van der Waals surface area contributed by atoms with Crippen molar-refractivity contribution >= 4 is 71.5 Å². The highest BCUT2D eigenvalue weighted by atomic mass is 16.3. The molecule has 1 aliphatic heterocycles. The second-order valence-electron chi connectivity index (χ2n) is 14.7. The average Bonchev–Trinajstić information content (AvgIpc) is 3.96. The van der Waals surface area contributed by atoms with Gasteiger partial charge in [0.05, 0.1) is 22.1 Å². The second kappa shape index (κ2) is 12.6. The van der Waals surface area contributed by atoms with E-state index in [1.165, 1.54) is 21.8 Å². The lowest BCUT2D eigenvalue weighted by Gasteiger charge is -2.32. The molecule has 11 aromatic rings. The Kier molecular flexibility index (Phi) is 7.03. The van der Waals surface area contributed by atoms with E-state index in [1.807, 2.05) is 24.3 Å². The molecule has 0 aliphatic carbocycles. The zero-order valence-electron chi connectivity index (χ0n) is 30.7. The standard InChI is InChI=1S/C51H34N4O2/c1-3-14-31(15-4-1)49-52-50(32-16-5-2-6-17-32)54-51(53-49)38-22-11-21-37-39-30-33(28-29-43(39)57-48(37)38)34-20-12-26-44-46(34)47-42(25-13-27-45(47)56-44)55-40-23-9-7-18-35(40)36-19-8-10-24-41(36)55/h1-30,49,51,53H,(H,52,54). The third kappa shape index (κ3) is 4.98. The van der Waals surface area contributed by atoms with Crippen molar-refractivity contribution in [2.24, 2.45) is 4.99 Å². The van der Waals surface area contributed by atoms with E-state index in [1.54, 1.807) is 0 Å². The van der Waals surface area contributed by atoms with Crippen LogP contribution in [0.5, 0.6) is 0 Å². The van der Waals surface area contributed by atoms with Crippen LogP contribution in [0.25, 0.3) is 82.5 Å². The van der Waals surface area contributed by atoms with E-state index in [-0.39, 0.29) is 12.3 Å². The number of nitrogens with zero attached hydrogens (tertiary/aromatic N) is 2. The summed E-state index contributed by atoms with van der Waals surface area (Å²) in [6.45, 7) is 0. The number of aliphatic imine (C=N–C) groups is 1. The number of rotatable bonds is 5. The summed E-state index contributed by atoms with van der Waals surface area (Å²) in [7, 11) is 0. The van der Waals surface area contributed by atoms with Crippen LogP contribution in [0, 0.1) is 0 Å². The lowest BCUT2D eigenvalue weighted by atomic mass is 9.97. The number of fused-ring (bicyclic) bond motifs is 9. The number of furan rings is 2. The van der Waals surface area contributed by atoms with Crippen LogP contribution >= 0.6 is 0 Å². The molecule has 6 nitrogen and oxygen atoms in total. The van der Waals surface area contributed by atoms with Gasteiger partial charge in [0, 0.05) is 38.1 Å². The van der Waals surface area contributed by atoms with Gasteiger partial charge in [-0.1, -0.05) is 140 Å². The van der Waals surface area contributed by atoms with E-state index in [4.69, 9.17) is 13.8 Å². The van der Waals surface area contributed by atoms with Gasteiger partial charge in [-0.2, -0.15) is 0 Å². The molecule has 12 rings (SSSR count). The van der Waals surface area contributed by atoms with E-state index < -0.39 is 0 Å². The quantitative estimate of drug-likeness (QED) is 0.185. The van der Waals surface area contributed by atoms with Crippen molar-refractivity contribution in [3.8, 4) is 16.8 Å². The van der Waals surface area contributed by atoms with E-state index >= 15 is 0 Å². The predicted molar refractivity (Wildman–Crippen MR) is 232 cm³/mol. The third-order valence-corrected chi connectivity index (χ3v) is 11.5. The maximum Gasteiger partial charge on any atom is 0.142 e. The first-order chi connectivity index (χ1) is 28.3. The minimum Gasteiger partial charge on any atom is -0.456 e.